The molecule has 0 saturated heterocycles. The highest BCUT2D eigenvalue weighted by Gasteiger charge is 2.15. The van der Waals surface area contributed by atoms with Crippen molar-refractivity contribution in [2.45, 2.75) is 27.4 Å². The van der Waals surface area contributed by atoms with Crippen LogP contribution < -0.4 is 19.5 Å². The number of likely N-dealkylation sites (N-methyl/N-ethyl adjacent to an activating group) is 1. The average Bonchev–Trinajstić information content (AvgIpc) is 3.21. The van der Waals surface area contributed by atoms with Crippen molar-refractivity contribution in [2.24, 2.45) is 0 Å². The first-order valence-corrected chi connectivity index (χ1v) is 11.5. The number of rotatable bonds is 11. The summed E-state index contributed by atoms with van der Waals surface area (Å²) >= 11 is 0. The maximum absolute atomic E-state index is 12.7. The van der Waals surface area contributed by atoms with Gasteiger partial charge < -0.3 is 29.0 Å². The monoisotopic (exact) mass is 493 g/mol. The Morgan fingerprint density at radius 1 is 1.08 bits per heavy atom. The molecule has 1 N–H and O–H groups in total. The fourth-order valence-corrected chi connectivity index (χ4v) is 3.46. The Balaban J connectivity index is 1.61. The first-order valence-electron chi connectivity index (χ1n) is 11.5. The van der Waals surface area contributed by atoms with Gasteiger partial charge in [-0.1, -0.05) is 17.3 Å². The van der Waals surface area contributed by atoms with E-state index in [1.54, 1.807) is 56.7 Å². The van der Waals surface area contributed by atoms with E-state index in [0.717, 1.165) is 16.8 Å². The molecule has 0 aliphatic rings. The van der Waals surface area contributed by atoms with Crippen molar-refractivity contribution in [2.75, 3.05) is 32.6 Å². The summed E-state index contributed by atoms with van der Waals surface area (Å²) in [6.45, 7) is 6.12. The van der Waals surface area contributed by atoms with Crippen LogP contribution in [0.4, 0.5) is 5.69 Å². The molecule has 36 heavy (non-hydrogen) atoms. The molecule has 2 amide bonds. The van der Waals surface area contributed by atoms with Crippen LogP contribution in [0.25, 0.3) is 6.08 Å². The Morgan fingerprint density at radius 3 is 2.56 bits per heavy atom. The zero-order valence-electron chi connectivity index (χ0n) is 21.2. The largest absolute Gasteiger partial charge is 0.497 e. The number of nitrogens with one attached hydrogen (secondary N) is 1. The minimum Gasteiger partial charge on any atom is -0.497 e. The molecule has 1 aromatic heterocycles. The molecule has 9 heteroatoms. The normalized spacial score (nSPS) is 10.8. The summed E-state index contributed by atoms with van der Waals surface area (Å²) in [5, 5.41) is 6.71. The average molecular weight is 494 g/mol. The molecule has 0 saturated carbocycles. The van der Waals surface area contributed by atoms with E-state index >= 15 is 0 Å². The zero-order chi connectivity index (χ0) is 26.1. The molecular formula is C27H31N3O6. The SMILES string of the molecule is CCN(CC(=O)Nc1cccc(OC)c1)C(=O)/C=C/c1ccc(OCc2c(C)noc2C)c(OC)c1. The van der Waals surface area contributed by atoms with Gasteiger partial charge in [-0.05, 0) is 56.7 Å². The zero-order valence-corrected chi connectivity index (χ0v) is 21.2. The van der Waals surface area contributed by atoms with Crippen LogP contribution in [0, 0.1) is 13.8 Å². The molecular weight excluding hydrogens is 462 g/mol. The minimum atomic E-state index is -0.298. The molecule has 0 fully saturated rings. The minimum absolute atomic E-state index is 0.0747. The second-order valence-corrected chi connectivity index (χ2v) is 7.97. The molecule has 0 radical (unpaired) electrons. The third-order valence-corrected chi connectivity index (χ3v) is 5.54. The smallest absolute Gasteiger partial charge is 0.247 e. The number of amides is 2. The van der Waals surface area contributed by atoms with Crippen LogP contribution in [0.1, 0.15) is 29.5 Å². The van der Waals surface area contributed by atoms with Crippen LogP contribution >= 0.6 is 0 Å². The lowest BCUT2D eigenvalue weighted by molar-refractivity contribution is -0.130. The van der Waals surface area contributed by atoms with Crippen molar-refractivity contribution in [1.29, 1.82) is 0 Å². The van der Waals surface area contributed by atoms with Gasteiger partial charge in [0.05, 0.1) is 25.5 Å². The van der Waals surface area contributed by atoms with E-state index in [0.29, 0.717) is 41.8 Å². The molecule has 0 aliphatic carbocycles. The number of carbonyl (C=O) groups is 2. The van der Waals surface area contributed by atoms with E-state index in [-0.39, 0.29) is 18.4 Å². The summed E-state index contributed by atoms with van der Waals surface area (Å²) in [6, 6.07) is 12.4. The molecule has 3 rings (SSSR count). The van der Waals surface area contributed by atoms with Crippen LogP contribution in [0.5, 0.6) is 17.2 Å². The van der Waals surface area contributed by atoms with Crippen LogP contribution in [0.15, 0.2) is 53.1 Å². The van der Waals surface area contributed by atoms with E-state index < -0.39 is 0 Å². The molecule has 2 aromatic carbocycles. The maximum atomic E-state index is 12.7. The Morgan fingerprint density at radius 2 is 1.89 bits per heavy atom. The molecule has 9 nitrogen and oxygen atoms in total. The Hall–Kier alpha value is -4.27. The van der Waals surface area contributed by atoms with Gasteiger partial charge in [-0.3, -0.25) is 9.59 Å². The van der Waals surface area contributed by atoms with E-state index in [2.05, 4.69) is 10.5 Å². The lowest BCUT2D eigenvalue weighted by Crippen LogP contribution is -2.36. The topological polar surface area (TPSA) is 103 Å². The van der Waals surface area contributed by atoms with Gasteiger partial charge in [0, 0.05) is 24.4 Å². The molecule has 0 unspecified atom stereocenters. The number of benzene rings is 2. The summed E-state index contributed by atoms with van der Waals surface area (Å²) < 4.78 is 21.7. The molecule has 1 heterocycles. The van der Waals surface area contributed by atoms with Gasteiger partial charge in [0.2, 0.25) is 11.8 Å². The predicted octanol–water partition coefficient (Wildman–Crippen LogP) is 4.39. The molecule has 190 valence electrons. The van der Waals surface area contributed by atoms with Crippen molar-refractivity contribution in [1.82, 2.24) is 10.1 Å². The molecule has 3 aromatic rings. The molecule has 0 aliphatic heterocycles. The Kier molecular flexibility index (Phi) is 9.10. The molecule has 0 spiro atoms. The van der Waals surface area contributed by atoms with Crippen molar-refractivity contribution in [3.63, 3.8) is 0 Å². The number of aromatic nitrogens is 1. The lowest BCUT2D eigenvalue weighted by Gasteiger charge is -2.18. The maximum Gasteiger partial charge on any atom is 0.247 e. The summed E-state index contributed by atoms with van der Waals surface area (Å²) in [7, 11) is 3.11. The van der Waals surface area contributed by atoms with Gasteiger partial charge >= 0.3 is 0 Å². The number of aryl methyl sites for hydroxylation is 2. The number of methoxy groups -OCH3 is 2. The van der Waals surface area contributed by atoms with Crippen LogP contribution in [0.3, 0.4) is 0 Å². The summed E-state index contributed by atoms with van der Waals surface area (Å²) in [5.41, 5.74) is 3.02. The standard InChI is InChI=1S/C27H31N3O6/c1-6-30(16-26(31)28-21-8-7-9-22(15-21)33-4)27(32)13-11-20-10-12-24(25(14-20)34-5)35-17-23-18(2)29-36-19(23)3/h7-15H,6,16-17H2,1-5H3,(H,28,31)/b13-11+. The number of carbonyl (C=O) groups excluding carboxylic acids is 2. The number of anilines is 1. The Labute approximate surface area is 210 Å². The summed E-state index contributed by atoms with van der Waals surface area (Å²) in [5.74, 6) is 1.85. The first kappa shape index (κ1) is 26.3. The van der Waals surface area contributed by atoms with Gasteiger partial charge in [0.15, 0.2) is 11.5 Å². The van der Waals surface area contributed by atoms with E-state index in [9.17, 15) is 9.59 Å². The number of nitrogens with zero attached hydrogens (tertiary/aromatic N) is 2. The van der Waals surface area contributed by atoms with Crippen molar-refractivity contribution in [3.05, 3.63) is 71.1 Å². The van der Waals surface area contributed by atoms with Gasteiger partial charge in [-0.15, -0.1) is 0 Å². The van der Waals surface area contributed by atoms with Crippen molar-refractivity contribution in [3.8, 4) is 17.2 Å². The van der Waals surface area contributed by atoms with E-state index in [4.69, 9.17) is 18.7 Å². The number of hydrogen-bond acceptors (Lipinski definition) is 7. The number of ether oxygens (including phenoxy) is 3. The summed E-state index contributed by atoms with van der Waals surface area (Å²) in [6.07, 6.45) is 3.10. The van der Waals surface area contributed by atoms with Crippen LogP contribution in [0.2, 0.25) is 0 Å². The van der Waals surface area contributed by atoms with Crippen LogP contribution in [-0.2, 0) is 16.2 Å². The summed E-state index contributed by atoms with van der Waals surface area (Å²) in [4.78, 5) is 26.6. The highest BCUT2D eigenvalue weighted by molar-refractivity contribution is 5.98. The lowest BCUT2D eigenvalue weighted by atomic mass is 10.1. The second-order valence-electron chi connectivity index (χ2n) is 7.97. The highest BCUT2D eigenvalue weighted by atomic mass is 16.5. The molecule has 0 bridgehead atoms. The quantitative estimate of drug-likeness (QED) is 0.395. The Bertz CT molecular complexity index is 1210. The third-order valence-electron chi connectivity index (χ3n) is 5.54. The van der Waals surface area contributed by atoms with E-state index in [1.807, 2.05) is 26.8 Å². The third kappa shape index (κ3) is 6.88. The van der Waals surface area contributed by atoms with Gasteiger partial charge in [0.1, 0.15) is 24.7 Å². The van der Waals surface area contributed by atoms with Gasteiger partial charge in [-0.25, -0.2) is 0 Å². The van der Waals surface area contributed by atoms with Gasteiger partial charge in [0.25, 0.3) is 0 Å². The van der Waals surface area contributed by atoms with Crippen LogP contribution in [-0.4, -0.2) is 49.2 Å². The highest BCUT2D eigenvalue weighted by Crippen LogP contribution is 2.30. The van der Waals surface area contributed by atoms with Crippen molar-refractivity contribution < 1.29 is 28.3 Å². The predicted molar refractivity (Wildman–Crippen MR) is 136 cm³/mol. The second kappa shape index (κ2) is 12.4. The molecule has 0 atom stereocenters. The fourth-order valence-electron chi connectivity index (χ4n) is 3.46. The van der Waals surface area contributed by atoms with Crippen molar-refractivity contribution >= 4 is 23.6 Å². The number of hydrogen-bond donors (Lipinski definition) is 1. The van der Waals surface area contributed by atoms with E-state index in [1.165, 1.54) is 11.0 Å². The fraction of sp³-hybridized carbons (Fsp3) is 0.296. The van der Waals surface area contributed by atoms with Gasteiger partial charge in [-0.2, -0.15) is 0 Å². The first-order chi connectivity index (χ1) is 17.3.